The molecule has 0 aliphatic carbocycles. The molecule has 0 spiro atoms. The quantitative estimate of drug-likeness (QED) is 0.556. The number of aromatic nitrogens is 1. The molecule has 0 bridgehead atoms. The number of carbonyl (C=O) groups excluding carboxylic acids is 3. The lowest BCUT2D eigenvalue weighted by molar-refractivity contribution is -0.134. The second-order valence-corrected chi connectivity index (χ2v) is 8.41. The third kappa shape index (κ3) is 4.60. The Bertz CT molecular complexity index is 991. The molecule has 0 radical (unpaired) electrons. The van der Waals surface area contributed by atoms with Crippen molar-refractivity contribution >= 4 is 51.9 Å². The number of imide groups is 1. The number of hydrogen-bond acceptors (Lipinski definition) is 6. The standard InChI is InChI=1S/C19H19ClN4O5S/c1-9(2)7-13(15(25)23-18-21-12(8-30-18)17(27)28)24-16(26)14(22-19(24)29)10-3-5-11(20)6-4-10/h3-6,8-9,13-14H,7H2,1-2H3,(H,22,29)(H,27,28)(H,21,23,25). The number of hydrogen-bond donors (Lipinski definition) is 3. The third-order valence-electron chi connectivity index (χ3n) is 4.44. The number of urea groups is 1. The molecule has 3 N–H and O–H groups in total. The first-order valence-corrected chi connectivity index (χ1v) is 10.3. The van der Waals surface area contributed by atoms with Crippen LogP contribution in [0.25, 0.3) is 0 Å². The summed E-state index contributed by atoms with van der Waals surface area (Å²) in [6.07, 6.45) is 0.232. The van der Waals surface area contributed by atoms with Gasteiger partial charge in [0.15, 0.2) is 10.8 Å². The predicted molar refractivity (Wildman–Crippen MR) is 111 cm³/mol. The molecule has 2 atom stereocenters. The van der Waals surface area contributed by atoms with Crippen molar-refractivity contribution in [2.75, 3.05) is 5.32 Å². The first-order valence-electron chi connectivity index (χ1n) is 9.06. The Morgan fingerprint density at radius 2 is 1.97 bits per heavy atom. The van der Waals surface area contributed by atoms with Gasteiger partial charge >= 0.3 is 12.0 Å². The summed E-state index contributed by atoms with van der Waals surface area (Å²) in [5, 5.41) is 16.0. The summed E-state index contributed by atoms with van der Waals surface area (Å²) in [5.74, 6) is -2.38. The zero-order chi connectivity index (χ0) is 22.0. The Morgan fingerprint density at radius 3 is 2.53 bits per heavy atom. The fourth-order valence-electron chi connectivity index (χ4n) is 3.06. The van der Waals surface area contributed by atoms with E-state index < -0.39 is 35.9 Å². The van der Waals surface area contributed by atoms with Gasteiger partial charge in [-0.15, -0.1) is 11.3 Å². The molecule has 1 aliphatic rings. The van der Waals surface area contributed by atoms with E-state index in [0.29, 0.717) is 10.6 Å². The predicted octanol–water partition coefficient (Wildman–Crippen LogP) is 3.14. The van der Waals surface area contributed by atoms with E-state index in [-0.39, 0.29) is 23.2 Å². The van der Waals surface area contributed by atoms with Crippen molar-refractivity contribution in [2.45, 2.75) is 32.4 Å². The fraction of sp³-hybridized carbons (Fsp3) is 0.316. The molecule has 1 aromatic carbocycles. The number of halogens is 1. The Balaban J connectivity index is 1.83. The maximum absolute atomic E-state index is 13.0. The van der Waals surface area contributed by atoms with Crippen molar-refractivity contribution in [3.63, 3.8) is 0 Å². The summed E-state index contributed by atoms with van der Waals surface area (Å²) < 4.78 is 0. The van der Waals surface area contributed by atoms with Gasteiger partial charge in [-0.1, -0.05) is 37.6 Å². The SMILES string of the molecule is CC(C)CC(C(=O)Nc1nc(C(=O)O)cs1)N1C(=O)NC(c2ccc(Cl)cc2)C1=O. The number of amides is 4. The molecule has 1 aromatic heterocycles. The van der Waals surface area contributed by atoms with Crippen molar-refractivity contribution in [3.05, 3.63) is 45.9 Å². The van der Waals surface area contributed by atoms with Crippen LogP contribution in [0.15, 0.2) is 29.6 Å². The summed E-state index contributed by atoms with van der Waals surface area (Å²) in [6.45, 7) is 3.72. The highest BCUT2D eigenvalue weighted by Gasteiger charge is 2.45. The summed E-state index contributed by atoms with van der Waals surface area (Å²) >= 11 is 6.83. The Kier molecular flexibility index (Phi) is 6.37. The first kappa shape index (κ1) is 21.7. The number of nitrogens with zero attached hydrogens (tertiary/aromatic N) is 2. The van der Waals surface area contributed by atoms with E-state index in [1.807, 2.05) is 13.8 Å². The van der Waals surface area contributed by atoms with Crippen LogP contribution in [-0.2, 0) is 9.59 Å². The van der Waals surface area contributed by atoms with Gasteiger partial charge in [0, 0.05) is 10.4 Å². The minimum Gasteiger partial charge on any atom is -0.476 e. The zero-order valence-corrected chi connectivity index (χ0v) is 17.7. The number of carbonyl (C=O) groups is 4. The van der Waals surface area contributed by atoms with Crippen molar-refractivity contribution in [1.29, 1.82) is 0 Å². The molecule has 30 heavy (non-hydrogen) atoms. The molecule has 11 heteroatoms. The van der Waals surface area contributed by atoms with Gasteiger partial charge in [-0.25, -0.2) is 19.5 Å². The highest BCUT2D eigenvalue weighted by atomic mass is 35.5. The molecule has 2 unspecified atom stereocenters. The molecule has 4 amide bonds. The van der Waals surface area contributed by atoms with Crippen LogP contribution < -0.4 is 10.6 Å². The van der Waals surface area contributed by atoms with Crippen LogP contribution in [0.2, 0.25) is 5.02 Å². The minimum atomic E-state index is -1.22. The summed E-state index contributed by atoms with van der Waals surface area (Å²) in [4.78, 5) is 54.2. The molecule has 1 saturated heterocycles. The Morgan fingerprint density at radius 1 is 1.30 bits per heavy atom. The molecule has 1 fully saturated rings. The van der Waals surface area contributed by atoms with Gasteiger partial charge in [0.2, 0.25) is 5.91 Å². The van der Waals surface area contributed by atoms with E-state index in [1.165, 1.54) is 5.38 Å². The van der Waals surface area contributed by atoms with Crippen LogP contribution in [-0.4, -0.2) is 44.8 Å². The van der Waals surface area contributed by atoms with E-state index in [4.69, 9.17) is 16.7 Å². The molecule has 2 heterocycles. The van der Waals surface area contributed by atoms with Crippen molar-refractivity contribution in [2.24, 2.45) is 5.92 Å². The second-order valence-electron chi connectivity index (χ2n) is 7.12. The van der Waals surface area contributed by atoms with Crippen LogP contribution in [0.4, 0.5) is 9.93 Å². The van der Waals surface area contributed by atoms with Crippen molar-refractivity contribution in [1.82, 2.24) is 15.2 Å². The monoisotopic (exact) mass is 450 g/mol. The lowest BCUT2D eigenvalue weighted by Gasteiger charge is -2.25. The van der Waals surface area contributed by atoms with Gasteiger partial charge in [0.25, 0.3) is 5.91 Å². The zero-order valence-electron chi connectivity index (χ0n) is 16.1. The van der Waals surface area contributed by atoms with Crippen molar-refractivity contribution in [3.8, 4) is 0 Å². The summed E-state index contributed by atoms with van der Waals surface area (Å²) in [6, 6.07) is 3.82. The normalized spacial score (nSPS) is 17.2. The van der Waals surface area contributed by atoms with Gasteiger partial charge in [-0.3, -0.25) is 9.59 Å². The molecule has 0 saturated carbocycles. The van der Waals surface area contributed by atoms with Gasteiger partial charge in [0.05, 0.1) is 0 Å². The van der Waals surface area contributed by atoms with Gasteiger partial charge in [0.1, 0.15) is 12.1 Å². The smallest absolute Gasteiger partial charge is 0.355 e. The highest BCUT2D eigenvalue weighted by molar-refractivity contribution is 7.14. The van der Waals surface area contributed by atoms with E-state index in [0.717, 1.165) is 16.2 Å². The lowest BCUT2D eigenvalue weighted by atomic mass is 10.0. The van der Waals surface area contributed by atoms with Gasteiger partial charge < -0.3 is 15.7 Å². The molecule has 1 aliphatic heterocycles. The molecule has 9 nitrogen and oxygen atoms in total. The molecular formula is C19H19ClN4O5S. The highest BCUT2D eigenvalue weighted by Crippen LogP contribution is 2.27. The Labute approximate surface area is 181 Å². The number of nitrogens with one attached hydrogen (secondary N) is 2. The van der Waals surface area contributed by atoms with Crippen LogP contribution in [0.1, 0.15) is 42.4 Å². The van der Waals surface area contributed by atoms with Crippen LogP contribution in [0.3, 0.4) is 0 Å². The maximum atomic E-state index is 13.0. The Hall–Kier alpha value is -2.98. The van der Waals surface area contributed by atoms with Crippen LogP contribution in [0, 0.1) is 5.92 Å². The van der Waals surface area contributed by atoms with E-state index in [1.54, 1.807) is 24.3 Å². The van der Waals surface area contributed by atoms with E-state index >= 15 is 0 Å². The number of anilines is 1. The molecular weight excluding hydrogens is 432 g/mol. The third-order valence-corrected chi connectivity index (χ3v) is 5.45. The average molecular weight is 451 g/mol. The maximum Gasteiger partial charge on any atom is 0.355 e. The minimum absolute atomic E-state index is 0.00167. The fourth-order valence-corrected chi connectivity index (χ4v) is 3.88. The van der Waals surface area contributed by atoms with E-state index in [9.17, 15) is 19.2 Å². The van der Waals surface area contributed by atoms with Gasteiger partial charge in [-0.2, -0.15) is 0 Å². The largest absolute Gasteiger partial charge is 0.476 e. The number of carboxylic acids is 1. The van der Waals surface area contributed by atoms with Crippen LogP contribution in [0.5, 0.6) is 0 Å². The molecule has 2 aromatic rings. The number of rotatable bonds is 7. The first-order chi connectivity index (χ1) is 14.2. The van der Waals surface area contributed by atoms with Crippen LogP contribution >= 0.6 is 22.9 Å². The lowest BCUT2D eigenvalue weighted by Crippen LogP contribution is -2.48. The number of thiazole rings is 1. The number of benzene rings is 1. The van der Waals surface area contributed by atoms with Crippen molar-refractivity contribution < 1.29 is 24.3 Å². The second kappa shape index (κ2) is 8.80. The average Bonchev–Trinajstić information content (AvgIpc) is 3.25. The van der Waals surface area contributed by atoms with Gasteiger partial charge in [-0.05, 0) is 30.0 Å². The molecule has 3 rings (SSSR count). The summed E-state index contributed by atoms with van der Waals surface area (Å²) in [5.41, 5.74) is 0.350. The molecule has 158 valence electrons. The van der Waals surface area contributed by atoms with E-state index in [2.05, 4.69) is 15.6 Å². The summed E-state index contributed by atoms with van der Waals surface area (Å²) in [7, 11) is 0. The number of aromatic carboxylic acids is 1. The number of carboxylic acid groups (broad SMARTS) is 1. The topological polar surface area (TPSA) is 129 Å².